The number of rotatable bonds is 9. The lowest BCUT2D eigenvalue weighted by atomic mass is 10.1. The van der Waals surface area contributed by atoms with Crippen molar-refractivity contribution in [2.24, 2.45) is 10.8 Å². The van der Waals surface area contributed by atoms with Crippen LogP contribution in [0.5, 0.6) is 17.2 Å². The maximum absolute atomic E-state index is 12.6. The second-order valence-electron chi connectivity index (χ2n) is 5.59. The van der Waals surface area contributed by atoms with Crippen molar-refractivity contribution >= 4 is 21.6 Å². The Labute approximate surface area is 163 Å². The zero-order valence-electron chi connectivity index (χ0n) is 15.6. The smallest absolute Gasteiger partial charge is 0.280 e. The Morgan fingerprint density at radius 3 is 2.29 bits per heavy atom. The molecule has 0 aliphatic heterocycles. The monoisotopic (exact) mass is 407 g/mol. The van der Waals surface area contributed by atoms with Crippen molar-refractivity contribution in [2.75, 3.05) is 20.8 Å². The standard InChI is InChI=1S/C18H21N3O6S/c1-12(13-4-6-14(7-5-13)27-11-18(19)22)20-21-28(23,24)17-10-15(25-2)8-9-16(17)26-3/h4-10,21H,11H2,1-3H3,(H2,19,22)/b20-12-. The summed E-state index contributed by atoms with van der Waals surface area (Å²) in [4.78, 5) is 12.8. The van der Waals surface area contributed by atoms with Crippen LogP contribution in [-0.2, 0) is 14.8 Å². The fourth-order valence-corrected chi connectivity index (χ4v) is 3.23. The summed E-state index contributed by atoms with van der Waals surface area (Å²) in [5, 5.41) is 3.94. The van der Waals surface area contributed by atoms with E-state index in [1.807, 2.05) is 0 Å². The van der Waals surface area contributed by atoms with E-state index in [-0.39, 0.29) is 17.3 Å². The highest BCUT2D eigenvalue weighted by Crippen LogP contribution is 2.28. The largest absolute Gasteiger partial charge is 0.497 e. The number of nitrogens with one attached hydrogen (secondary N) is 1. The van der Waals surface area contributed by atoms with Gasteiger partial charge in [-0.25, -0.2) is 0 Å². The molecule has 0 bridgehead atoms. The van der Waals surface area contributed by atoms with E-state index >= 15 is 0 Å². The minimum Gasteiger partial charge on any atom is -0.497 e. The predicted molar refractivity (Wildman–Crippen MR) is 103 cm³/mol. The molecule has 3 N–H and O–H groups in total. The van der Waals surface area contributed by atoms with Crippen molar-refractivity contribution in [1.82, 2.24) is 4.83 Å². The van der Waals surface area contributed by atoms with E-state index in [9.17, 15) is 13.2 Å². The van der Waals surface area contributed by atoms with Crippen LogP contribution in [0.1, 0.15) is 12.5 Å². The van der Waals surface area contributed by atoms with Gasteiger partial charge in [-0.05, 0) is 48.9 Å². The lowest BCUT2D eigenvalue weighted by molar-refractivity contribution is -0.119. The summed E-state index contributed by atoms with van der Waals surface area (Å²) in [6.07, 6.45) is 0. The lowest BCUT2D eigenvalue weighted by Gasteiger charge is -2.11. The highest BCUT2D eigenvalue weighted by atomic mass is 32.2. The Bertz CT molecular complexity index is 971. The molecule has 0 unspecified atom stereocenters. The fraction of sp³-hybridized carbons (Fsp3) is 0.222. The number of benzene rings is 2. The molecule has 0 spiro atoms. The van der Waals surface area contributed by atoms with Gasteiger partial charge < -0.3 is 19.9 Å². The highest BCUT2D eigenvalue weighted by molar-refractivity contribution is 7.89. The van der Waals surface area contributed by atoms with Crippen molar-refractivity contribution in [3.8, 4) is 17.2 Å². The number of carbonyl (C=O) groups excluding carboxylic acids is 1. The first kappa shape index (κ1) is 21.0. The predicted octanol–water partition coefficient (Wildman–Crippen LogP) is 1.27. The first-order valence-electron chi connectivity index (χ1n) is 8.06. The van der Waals surface area contributed by atoms with Crippen LogP contribution in [0.2, 0.25) is 0 Å². The molecule has 0 atom stereocenters. The normalized spacial score (nSPS) is 11.6. The molecule has 0 saturated heterocycles. The summed E-state index contributed by atoms with van der Waals surface area (Å²) in [5.41, 5.74) is 6.10. The Kier molecular flexibility index (Phi) is 6.83. The molecule has 2 aromatic rings. The van der Waals surface area contributed by atoms with Gasteiger partial charge in [0.25, 0.3) is 15.9 Å². The zero-order chi connectivity index (χ0) is 20.7. The Morgan fingerprint density at radius 2 is 1.71 bits per heavy atom. The summed E-state index contributed by atoms with van der Waals surface area (Å²) in [7, 11) is -1.18. The minimum atomic E-state index is -3.98. The van der Waals surface area contributed by atoms with Crippen LogP contribution < -0.4 is 24.8 Å². The third kappa shape index (κ3) is 5.36. The number of nitrogens with two attached hydrogens (primary N) is 1. The maximum Gasteiger partial charge on any atom is 0.280 e. The quantitative estimate of drug-likeness (QED) is 0.476. The molecule has 2 rings (SSSR count). The molecule has 0 radical (unpaired) electrons. The molecule has 0 aliphatic rings. The van der Waals surface area contributed by atoms with Crippen LogP contribution >= 0.6 is 0 Å². The van der Waals surface area contributed by atoms with Gasteiger partial charge in [-0.2, -0.15) is 18.4 Å². The molecular weight excluding hydrogens is 386 g/mol. The van der Waals surface area contributed by atoms with E-state index in [1.54, 1.807) is 37.3 Å². The van der Waals surface area contributed by atoms with E-state index in [2.05, 4.69) is 9.93 Å². The van der Waals surface area contributed by atoms with Crippen molar-refractivity contribution in [2.45, 2.75) is 11.8 Å². The average molecular weight is 407 g/mol. The number of methoxy groups -OCH3 is 2. The topological polar surface area (TPSA) is 129 Å². The number of primary amides is 1. The lowest BCUT2D eigenvalue weighted by Crippen LogP contribution is -2.21. The summed E-state index contributed by atoms with van der Waals surface area (Å²) in [6.45, 7) is 1.42. The van der Waals surface area contributed by atoms with Gasteiger partial charge in [-0.3, -0.25) is 4.79 Å². The van der Waals surface area contributed by atoms with Crippen molar-refractivity contribution < 1.29 is 27.4 Å². The minimum absolute atomic E-state index is 0.0962. The zero-order valence-corrected chi connectivity index (χ0v) is 16.4. The Morgan fingerprint density at radius 1 is 1.07 bits per heavy atom. The first-order valence-corrected chi connectivity index (χ1v) is 9.55. The molecule has 150 valence electrons. The molecule has 2 aromatic carbocycles. The Balaban J connectivity index is 2.18. The van der Waals surface area contributed by atoms with E-state index in [4.69, 9.17) is 19.9 Å². The molecular formula is C18H21N3O6S. The van der Waals surface area contributed by atoms with E-state index in [0.29, 0.717) is 22.8 Å². The number of amides is 1. The van der Waals surface area contributed by atoms with Crippen molar-refractivity contribution in [3.05, 3.63) is 48.0 Å². The average Bonchev–Trinajstić information content (AvgIpc) is 2.70. The second kappa shape index (κ2) is 9.09. The third-order valence-electron chi connectivity index (χ3n) is 3.65. The third-order valence-corrected chi connectivity index (χ3v) is 4.88. The van der Waals surface area contributed by atoms with Crippen LogP contribution in [0.4, 0.5) is 0 Å². The molecule has 28 heavy (non-hydrogen) atoms. The fourth-order valence-electron chi connectivity index (χ4n) is 2.18. The highest BCUT2D eigenvalue weighted by Gasteiger charge is 2.20. The number of ether oxygens (including phenoxy) is 3. The Hall–Kier alpha value is -3.27. The van der Waals surface area contributed by atoms with Crippen molar-refractivity contribution in [1.29, 1.82) is 0 Å². The van der Waals surface area contributed by atoms with Gasteiger partial charge in [0.15, 0.2) is 6.61 Å². The molecule has 1 amide bonds. The van der Waals surface area contributed by atoms with Crippen LogP contribution in [0.15, 0.2) is 52.5 Å². The van der Waals surface area contributed by atoms with E-state index in [1.165, 1.54) is 26.4 Å². The van der Waals surface area contributed by atoms with E-state index < -0.39 is 15.9 Å². The van der Waals surface area contributed by atoms with E-state index in [0.717, 1.165) is 0 Å². The molecule has 0 aromatic heterocycles. The second-order valence-corrected chi connectivity index (χ2v) is 7.22. The van der Waals surface area contributed by atoms with Gasteiger partial charge in [0, 0.05) is 6.07 Å². The van der Waals surface area contributed by atoms with Crippen LogP contribution in [0, 0.1) is 0 Å². The SMILES string of the molecule is COc1ccc(OC)c(S(=O)(=O)N/N=C(/C)c2ccc(OCC(N)=O)cc2)c1. The summed E-state index contributed by atoms with van der Waals surface area (Å²) in [5.74, 6) is 0.409. The van der Waals surface area contributed by atoms with Crippen LogP contribution in [-0.4, -0.2) is 40.9 Å². The molecule has 0 fully saturated rings. The number of nitrogens with zero attached hydrogens (tertiary/aromatic N) is 1. The van der Waals surface area contributed by atoms with Crippen molar-refractivity contribution in [3.63, 3.8) is 0 Å². The van der Waals surface area contributed by atoms with Gasteiger partial charge in [0.1, 0.15) is 22.1 Å². The van der Waals surface area contributed by atoms with Crippen LogP contribution in [0.3, 0.4) is 0 Å². The molecule has 0 saturated carbocycles. The van der Waals surface area contributed by atoms with Crippen LogP contribution in [0.25, 0.3) is 0 Å². The molecule has 10 heteroatoms. The first-order chi connectivity index (χ1) is 13.3. The van der Waals surface area contributed by atoms with Gasteiger partial charge in [-0.15, -0.1) is 0 Å². The number of carbonyl (C=O) groups is 1. The number of hydrogen-bond donors (Lipinski definition) is 2. The van der Waals surface area contributed by atoms with Gasteiger partial charge in [0.05, 0.1) is 19.9 Å². The number of hydrazone groups is 1. The number of hydrogen-bond acceptors (Lipinski definition) is 7. The maximum atomic E-state index is 12.6. The molecule has 0 heterocycles. The molecule has 9 nitrogen and oxygen atoms in total. The van der Waals surface area contributed by atoms with Gasteiger partial charge in [0.2, 0.25) is 0 Å². The van der Waals surface area contributed by atoms with Gasteiger partial charge in [-0.1, -0.05) is 0 Å². The molecule has 0 aliphatic carbocycles. The summed E-state index contributed by atoms with van der Waals surface area (Å²) >= 11 is 0. The summed E-state index contributed by atoms with van der Waals surface area (Å²) < 4.78 is 40.5. The number of sulfonamides is 1. The van der Waals surface area contributed by atoms with Gasteiger partial charge >= 0.3 is 0 Å². The summed E-state index contributed by atoms with van der Waals surface area (Å²) in [6, 6.07) is 11.0.